The van der Waals surface area contributed by atoms with Gasteiger partial charge in [0.2, 0.25) is 0 Å². The van der Waals surface area contributed by atoms with Crippen LogP contribution in [0.4, 0.5) is 4.79 Å². The molecular weight excluding hydrogens is 495 g/mol. The molecule has 11 heteroatoms. The van der Waals surface area contributed by atoms with Gasteiger partial charge in [-0.05, 0) is 61.3 Å². The first-order chi connectivity index (χ1) is 13.8. The maximum Gasteiger partial charge on any atom is 0.373 e. The fourth-order valence-corrected chi connectivity index (χ4v) is 2.65. The van der Waals surface area contributed by atoms with E-state index in [0.717, 1.165) is 22.8 Å². The third-order valence-electron chi connectivity index (χ3n) is 3.56. The molecule has 0 aromatic carbocycles. The monoisotopic (exact) mass is 520 g/mol. The number of aromatic nitrogens is 1. The number of pyridine rings is 1. The van der Waals surface area contributed by atoms with Crippen molar-refractivity contribution in [3.05, 3.63) is 27.6 Å². The number of carboxylic acid groups (broad SMARTS) is 1. The average Bonchev–Trinajstić information content (AvgIpc) is 2.66. The molecule has 0 spiro atoms. The topological polar surface area (TPSA) is 155 Å². The quantitative estimate of drug-likeness (QED) is 0.255. The third kappa shape index (κ3) is 15.1. The molecule has 0 aliphatic rings. The molecule has 1 atom stereocenters. The van der Waals surface area contributed by atoms with Crippen LogP contribution in [0.3, 0.4) is 0 Å². The van der Waals surface area contributed by atoms with Gasteiger partial charge in [0.15, 0.2) is 0 Å². The van der Waals surface area contributed by atoms with Crippen molar-refractivity contribution >= 4 is 46.6 Å². The van der Waals surface area contributed by atoms with Crippen LogP contribution in [-0.2, 0) is 14.4 Å². The van der Waals surface area contributed by atoms with Gasteiger partial charge >= 0.3 is 18.2 Å². The molecule has 1 heterocycles. The lowest BCUT2D eigenvalue weighted by molar-refractivity contribution is -0.191. The first-order valence-corrected chi connectivity index (χ1v) is 10.0. The van der Waals surface area contributed by atoms with Gasteiger partial charge in [0.25, 0.3) is 5.91 Å². The van der Waals surface area contributed by atoms with Crippen LogP contribution in [0.25, 0.3) is 0 Å². The Kier molecular flexibility index (Phi) is 15.0. The van der Waals surface area contributed by atoms with Crippen molar-refractivity contribution in [2.24, 2.45) is 0 Å². The number of aliphatic carboxylic acids is 1. The minimum absolute atomic E-state index is 0.0331. The lowest BCUT2D eigenvalue weighted by Crippen LogP contribution is -2.41. The molecule has 29 heavy (non-hydrogen) atoms. The highest BCUT2D eigenvalue weighted by atomic mass is 127. The first-order valence-electron chi connectivity index (χ1n) is 8.94. The summed E-state index contributed by atoms with van der Waals surface area (Å²) in [5.74, 6) is -1.01. The van der Waals surface area contributed by atoms with Gasteiger partial charge in [-0.2, -0.15) is 9.59 Å². The normalized spacial score (nSPS) is 10.6. The Morgan fingerprint density at radius 2 is 1.76 bits per heavy atom. The Bertz CT molecular complexity index is 695. The van der Waals surface area contributed by atoms with E-state index in [0.29, 0.717) is 25.1 Å². The smallest absolute Gasteiger partial charge is 0.373 e. The van der Waals surface area contributed by atoms with Crippen molar-refractivity contribution in [2.75, 3.05) is 13.1 Å². The maximum absolute atomic E-state index is 11.9. The Morgan fingerprint density at radius 3 is 2.34 bits per heavy atom. The van der Waals surface area contributed by atoms with Crippen molar-refractivity contribution in [3.8, 4) is 0 Å². The van der Waals surface area contributed by atoms with Crippen molar-refractivity contribution in [3.63, 3.8) is 0 Å². The predicted octanol–water partition coefficient (Wildman–Crippen LogP) is 1.56. The van der Waals surface area contributed by atoms with E-state index in [-0.39, 0.29) is 30.6 Å². The molecule has 0 bridgehead atoms. The maximum atomic E-state index is 11.9. The zero-order chi connectivity index (χ0) is 22.1. The number of nitrogens with one attached hydrogen (secondary N) is 3. The number of hydrogen-bond donors (Lipinski definition) is 4. The molecule has 0 aliphatic heterocycles. The zero-order valence-corrected chi connectivity index (χ0v) is 18.2. The van der Waals surface area contributed by atoms with E-state index in [2.05, 4.69) is 43.5 Å². The molecule has 4 N–H and O–H groups in total. The van der Waals surface area contributed by atoms with Gasteiger partial charge in [-0.25, -0.2) is 4.79 Å². The van der Waals surface area contributed by atoms with Gasteiger partial charge < -0.3 is 21.1 Å². The number of carbonyl (C=O) groups excluding carboxylic acids is 4. The molecular formula is C18H25IN4O6. The van der Waals surface area contributed by atoms with Crippen LogP contribution < -0.4 is 16.0 Å². The Morgan fingerprint density at radius 1 is 1.14 bits per heavy atom. The van der Waals surface area contributed by atoms with Crippen LogP contribution >= 0.6 is 22.6 Å². The summed E-state index contributed by atoms with van der Waals surface area (Å²) in [5, 5.41) is 16.9. The van der Waals surface area contributed by atoms with Gasteiger partial charge in [-0.1, -0.05) is 0 Å². The summed E-state index contributed by atoms with van der Waals surface area (Å²) in [6, 6.07) is 1.31. The Hall–Kier alpha value is -2.53. The van der Waals surface area contributed by atoms with Gasteiger partial charge in [0.05, 0.1) is 5.56 Å². The van der Waals surface area contributed by atoms with Crippen LogP contribution in [0.15, 0.2) is 18.5 Å². The van der Waals surface area contributed by atoms with Crippen molar-refractivity contribution in [2.45, 2.75) is 45.1 Å². The Balaban J connectivity index is 0.00000245. The number of amides is 3. The fourth-order valence-electron chi connectivity index (χ4n) is 2.16. The number of halogens is 1. The number of rotatable bonds is 11. The molecule has 0 radical (unpaired) electrons. The molecule has 0 saturated carbocycles. The summed E-state index contributed by atoms with van der Waals surface area (Å²) in [5.41, 5.74) is 0.548. The predicted molar refractivity (Wildman–Crippen MR) is 111 cm³/mol. The van der Waals surface area contributed by atoms with Gasteiger partial charge in [0, 0.05) is 41.5 Å². The minimum Gasteiger partial charge on any atom is -0.481 e. The second-order valence-electron chi connectivity index (χ2n) is 6.03. The van der Waals surface area contributed by atoms with E-state index in [1.165, 1.54) is 6.20 Å². The summed E-state index contributed by atoms with van der Waals surface area (Å²) < 4.78 is 0.914. The molecule has 3 amide bonds. The number of nitrogens with zero attached hydrogens (tertiary/aromatic N) is 1. The lowest BCUT2D eigenvalue weighted by atomic mass is 10.2. The molecule has 1 rings (SSSR count). The summed E-state index contributed by atoms with van der Waals surface area (Å²) in [7, 11) is 0. The lowest BCUT2D eigenvalue weighted by Gasteiger charge is -2.13. The van der Waals surface area contributed by atoms with Gasteiger partial charge in [-0.3, -0.25) is 14.6 Å². The number of carboxylic acids is 1. The van der Waals surface area contributed by atoms with E-state index in [1.54, 1.807) is 19.2 Å². The number of hydrogen-bond acceptors (Lipinski definition) is 6. The summed E-state index contributed by atoms with van der Waals surface area (Å²) >= 11 is 2.11. The standard InChI is InChI=1S/C17H25IN4O4.CO2/c1-12(5-6-15(23)24)22-17(26)21-8-4-2-3-7-20-16(25)13-9-14(18)11-19-10-13;2-1-3/h9-12H,2-8H2,1H3,(H,20,25)(H,23,24)(H2,21,22,26);/t12-;/m1./s1. The third-order valence-corrected chi connectivity index (χ3v) is 4.15. The average molecular weight is 520 g/mol. The second-order valence-corrected chi connectivity index (χ2v) is 7.27. The fraction of sp³-hybridized carbons (Fsp3) is 0.500. The zero-order valence-electron chi connectivity index (χ0n) is 16.1. The summed E-state index contributed by atoms with van der Waals surface area (Å²) in [6.07, 6.45) is 6.41. The van der Waals surface area contributed by atoms with Crippen LogP contribution in [0.1, 0.15) is 49.4 Å². The molecule has 0 unspecified atom stereocenters. The van der Waals surface area contributed by atoms with Crippen molar-refractivity contribution < 1.29 is 29.1 Å². The largest absolute Gasteiger partial charge is 0.481 e. The molecule has 160 valence electrons. The van der Waals surface area contributed by atoms with Crippen LogP contribution in [-0.4, -0.2) is 53.3 Å². The van der Waals surface area contributed by atoms with Crippen LogP contribution in [0, 0.1) is 3.57 Å². The van der Waals surface area contributed by atoms with Crippen molar-refractivity contribution in [1.82, 2.24) is 20.9 Å². The number of carbonyl (C=O) groups is 3. The van der Waals surface area contributed by atoms with E-state index in [1.807, 2.05) is 0 Å². The molecule has 0 aliphatic carbocycles. The molecule has 1 aromatic heterocycles. The Labute approximate surface area is 182 Å². The summed E-state index contributed by atoms with van der Waals surface area (Å²) in [4.78, 5) is 54.2. The highest BCUT2D eigenvalue weighted by Crippen LogP contribution is 2.05. The van der Waals surface area contributed by atoms with E-state index in [4.69, 9.17) is 14.7 Å². The van der Waals surface area contributed by atoms with E-state index < -0.39 is 5.97 Å². The SMILES string of the molecule is C[C@H](CCC(=O)O)NC(=O)NCCCCCNC(=O)c1cncc(I)c1.O=C=O. The van der Waals surface area contributed by atoms with E-state index in [9.17, 15) is 14.4 Å². The molecule has 0 fully saturated rings. The van der Waals surface area contributed by atoms with Crippen LogP contribution in [0.5, 0.6) is 0 Å². The van der Waals surface area contributed by atoms with Crippen molar-refractivity contribution in [1.29, 1.82) is 0 Å². The molecule has 1 aromatic rings. The number of unbranched alkanes of at least 4 members (excludes halogenated alkanes) is 2. The molecule has 0 saturated heterocycles. The van der Waals surface area contributed by atoms with Crippen LogP contribution in [0.2, 0.25) is 0 Å². The van der Waals surface area contributed by atoms with E-state index >= 15 is 0 Å². The summed E-state index contributed by atoms with van der Waals surface area (Å²) in [6.45, 7) is 2.88. The minimum atomic E-state index is -0.871. The second kappa shape index (κ2) is 16.4. The highest BCUT2D eigenvalue weighted by molar-refractivity contribution is 14.1. The molecule has 10 nitrogen and oxygen atoms in total. The first kappa shape index (κ1) is 26.5. The van der Waals surface area contributed by atoms with Gasteiger partial charge in [0.1, 0.15) is 0 Å². The number of urea groups is 1. The van der Waals surface area contributed by atoms with Gasteiger partial charge in [-0.15, -0.1) is 0 Å². The highest BCUT2D eigenvalue weighted by Gasteiger charge is 2.08.